The average Bonchev–Trinajstić information content (AvgIpc) is 2.80. The van der Waals surface area contributed by atoms with Crippen LogP contribution in [0.4, 0.5) is 0 Å². The molecule has 102 valence electrons. The van der Waals surface area contributed by atoms with Crippen molar-refractivity contribution in [2.75, 3.05) is 26.2 Å². The van der Waals surface area contributed by atoms with Crippen LogP contribution in [0.1, 0.15) is 46.0 Å². The van der Waals surface area contributed by atoms with Gasteiger partial charge in [-0.3, -0.25) is 9.80 Å². The molecule has 0 bridgehead atoms. The molecule has 18 heavy (non-hydrogen) atoms. The van der Waals surface area contributed by atoms with Gasteiger partial charge in [0.25, 0.3) is 0 Å². The normalized spacial score (nSPS) is 29.4. The maximum absolute atomic E-state index is 5.32. The van der Waals surface area contributed by atoms with Crippen molar-refractivity contribution in [1.82, 2.24) is 9.80 Å². The molecule has 2 saturated heterocycles. The molecule has 2 heteroatoms. The fourth-order valence-electron chi connectivity index (χ4n) is 3.54. The Kier molecular flexibility index (Phi) is 5.09. The van der Waals surface area contributed by atoms with Crippen LogP contribution in [0.15, 0.2) is 0 Å². The van der Waals surface area contributed by atoms with Crippen LogP contribution in [0.5, 0.6) is 0 Å². The van der Waals surface area contributed by atoms with Crippen molar-refractivity contribution in [3.8, 4) is 12.3 Å². The molecule has 0 aromatic heterocycles. The lowest BCUT2D eigenvalue weighted by Gasteiger charge is -2.45. The minimum absolute atomic E-state index is 0.755. The van der Waals surface area contributed by atoms with Gasteiger partial charge in [0, 0.05) is 31.6 Å². The zero-order valence-electron chi connectivity index (χ0n) is 12.1. The molecule has 2 heterocycles. The highest BCUT2D eigenvalue weighted by molar-refractivity contribution is 4.93. The van der Waals surface area contributed by atoms with Gasteiger partial charge in [-0.15, -0.1) is 12.3 Å². The van der Waals surface area contributed by atoms with Gasteiger partial charge in [-0.05, 0) is 44.7 Å². The van der Waals surface area contributed by atoms with Gasteiger partial charge in [0.15, 0.2) is 0 Å². The van der Waals surface area contributed by atoms with Crippen molar-refractivity contribution in [2.45, 2.75) is 58.0 Å². The summed E-state index contributed by atoms with van der Waals surface area (Å²) >= 11 is 0. The molecule has 0 amide bonds. The van der Waals surface area contributed by atoms with E-state index in [-0.39, 0.29) is 0 Å². The molecule has 2 atom stereocenters. The number of hydrogen-bond acceptors (Lipinski definition) is 2. The summed E-state index contributed by atoms with van der Waals surface area (Å²) in [5, 5.41) is 0. The van der Waals surface area contributed by atoms with Crippen LogP contribution in [0.2, 0.25) is 0 Å². The predicted octanol–water partition coefficient (Wildman–Crippen LogP) is 2.59. The van der Waals surface area contributed by atoms with Crippen LogP contribution < -0.4 is 0 Å². The molecule has 0 aromatic carbocycles. The van der Waals surface area contributed by atoms with E-state index in [1.807, 2.05) is 0 Å². The first-order valence-corrected chi connectivity index (χ1v) is 7.64. The molecule has 0 spiro atoms. The van der Waals surface area contributed by atoms with Crippen LogP contribution in [0, 0.1) is 18.3 Å². The van der Waals surface area contributed by atoms with Gasteiger partial charge >= 0.3 is 0 Å². The summed E-state index contributed by atoms with van der Waals surface area (Å²) < 4.78 is 0. The van der Waals surface area contributed by atoms with Crippen LogP contribution in [0.3, 0.4) is 0 Å². The van der Waals surface area contributed by atoms with Gasteiger partial charge < -0.3 is 0 Å². The molecule has 2 nitrogen and oxygen atoms in total. The molecule has 0 N–H and O–H groups in total. The van der Waals surface area contributed by atoms with E-state index in [9.17, 15) is 0 Å². The highest BCUT2D eigenvalue weighted by Crippen LogP contribution is 2.27. The van der Waals surface area contributed by atoms with Gasteiger partial charge in [-0.25, -0.2) is 0 Å². The monoisotopic (exact) mass is 248 g/mol. The van der Waals surface area contributed by atoms with E-state index in [4.69, 9.17) is 6.42 Å². The molecule has 0 saturated carbocycles. The fraction of sp³-hybridized carbons (Fsp3) is 0.875. The first kappa shape index (κ1) is 13.9. The van der Waals surface area contributed by atoms with E-state index in [2.05, 4.69) is 29.6 Å². The van der Waals surface area contributed by atoms with Crippen molar-refractivity contribution >= 4 is 0 Å². The van der Waals surface area contributed by atoms with Gasteiger partial charge in [0.2, 0.25) is 0 Å². The maximum Gasteiger partial charge on any atom is 0.0246 e. The lowest BCUT2D eigenvalue weighted by atomic mass is 9.97. The first-order chi connectivity index (χ1) is 8.72. The molecule has 2 aliphatic rings. The van der Waals surface area contributed by atoms with Crippen molar-refractivity contribution in [1.29, 1.82) is 0 Å². The van der Waals surface area contributed by atoms with Crippen LogP contribution in [-0.2, 0) is 0 Å². The molecular formula is C16H28N2. The second kappa shape index (κ2) is 6.59. The van der Waals surface area contributed by atoms with Gasteiger partial charge in [-0.2, -0.15) is 0 Å². The molecular weight excluding hydrogens is 220 g/mol. The summed E-state index contributed by atoms with van der Waals surface area (Å²) in [6.07, 6.45) is 11.5. The predicted molar refractivity (Wildman–Crippen MR) is 77.5 cm³/mol. The summed E-state index contributed by atoms with van der Waals surface area (Å²) in [5.41, 5.74) is 0. The number of fused-ring (bicyclic) bond motifs is 1. The van der Waals surface area contributed by atoms with Crippen molar-refractivity contribution in [3.05, 3.63) is 0 Å². The van der Waals surface area contributed by atoms with E-state index >= 15 is 0 Å². The zero-order chi connectivity index (χ0) is 13.0. The summed E-state index contributed by atoms with van der Waals surface area (Å²) in [7, 11) is 0. The minimum Gasteiger partial charge on any atom is -0.298 e. The number of hydrogen-bond donors (Lipinski definition) is 0. The van der Waals surface area contributed by atoms with Gasteiger partial charge in [0.1, 0.15) is 0 Å². The van der Waals surface area contributed by atoms with Gasteiger partial charge in [0.05, 0.1) is 0 Å². The number of terminal acetylenes is 1. The third-order valence-electron chi connectivity index (χ3n) is 4.62. The molecule has 2 unspecified atom stereocenters. The summed E-state index contributed by atoms with van der Waals surface area (Å²) in [6, 6.07) is 1.60. The molecule has 2 fully saturated rings. The van der Waals surface area contributed by atoms with Gasteiger partial charge in [-0.1, -0.05) is 13.8 Å². The first-order valence-electron chi connectivity index (χ1n) is 7.64. The molecule has 2 aliphatic heterocycles. The quantitative estimate of drug-likeness (QED) is 0.545. The zero-order valence-corrected chi connectivity index (χ0v) is 12.1. The van der Waals surface area contributed by atoms with Crippen LogP contribution >= 0.6 is 0 Å². The Morgan fingerprint density at radius 2 is 2.11 bits per heavy atom. The maximum atomic E-state index is 5.32. The van der Waals surface area contributed by atoms with Crippen LogP contribution in [-0.4, -0.2) is 48.1 Å². The standard InChI is InChI=1S/C16H28N2/c1-4-5-6-7-10-18-12-15-9-8-11-17(15)13-16(18)14(2)3/h1,14-16H,5-13H2,2-3H3. The number of nitrogens with zero attached hydrogens (tertiary/aromatic N) is 2. The van der Waals surface area contributed by atoms with E-state index in [1.54, 1.807) is 0 Å². The minimum atomic E-state index is 0.755. The van der Waals surface area contributed by atoms with E-state index in [1.165, 1.54) is 51.9 Å². The highest BCUT2D eigenvalue weighted by Gasteiger charge is 2.36. The smallest absolute Gasteiger partial charge is 0.0246 e. The fourth-order valence-corrected chi connectivity index (χ4v) is 3.54. The SMILES string of the molecule is C#CCCCCN1CC2CCCN2CC1C(C)C. The average molecular weight is 248 g/mol. The summed E-state index contributed by atoms with van der Waals surface area (Å²) in [6.45, 7) is 9.90. The van der Waals surface area contributed by atoms with Crippen molar-refractivity contribution in [3.63, 3.8) is 0 Å². The van der Waals surface area contributed by atoms with E-state index < -0.39 is 0 Å². The Morgan fingerprint density at radius 1 is 1.28 bits per heavy atom. The van der Waals surface area contributed by atoms with E-state index in [0.717, 1.165) is 24.4 Å². The summed E-state index contributed by atoms with van der Waals surface area (Å²) in [5.74, 6) is 3.51. The Hall–Kier alpha value is -0.520. The topological polar surface area (TPSA) is 6.48 Å². The second-order valence-corrected chi connectivity index (χ2v) is 6.26. The van der Waals surface area contributed by atoms with Crippen molar-refractivity contribution < 1.29 is 0 Å². The molecule has 0 aromatic rings. The Balaban J connectivity index is 1.86. The largest absolute Gasteiger partial charge is 0.298 e. The Morgan fingerprint density at radius 3 is 2.83 bits per heavy atom. The lowest BCUT2D eigenvalue weighted by molar-refractivity contribution is 0.0285. The molecule has 2 rings (SSSR count). The number of unbranched alkanes of at least 4 members (excludes halogenated alkanes) is 2. The third kappa shape index (κ3) is 3.28. The third-order valence-corrected chi connectivity index (χ3v) is 4.62. The van der Waals surface area contributed by atoms with Crippen LogP contribution in [0.25, 0.3) is 0 Å². The van der Waals surface area contributed by atoms with E-state index in [0.29, 0.717) is 0 Å². The highest BCUT2D eigenvalue weighted by atomic mass is 15.3. The van der Waals surface area contributed by atoms with Crippen molar-refractivity contribution in [2.24, 2.45) is 5.92 Å². The number of rotatable bonds is 5. The lowest BCUT2D eigenvalue weighted by Crippen LogP contribution is -2.57. The Labute approximate surface area is 113 Å². The molecule has 0 aliphatic carbocycles. The Bertz CT molecular complexity index is 292. The summed E-state index contributed by atoms with van der Waals surface area (Å²) in [4.78, 5) is 5.47. The second-order valence-electron chi connectivity index (χ2n) is 6.26. The molecule has 0 radical (unpaired) electrons. The number of piperazine rings is 1.